The molecule has 102 heavy (non-hydrogen) atoms. The molecule has 0 bridgehead atoms. The summed E-state index contributed by atoms with van der Waals surface area (Å²) in [6.07, 6.45) is 82.9. The smallest absolute Gasteiger partial charge is 0.462 e. The van der Waals surface area contributed by atoms with E-state index < -0.39 is 97.5 Å². The third-order valence-electron chi connectivity index (χ3n) is 16.1. The molecule has 0 saturated heterocycles. The maximum Gasteiger partial charge on any atom is 0.472 e. The van der Waals surface area contributed by atoms with Crippen LogP contribution < -0.4 is 0 Å². The molecular formula is C83H140O17P2. The molecule has 3 N–H and O–H groups in total. The van der Waals surface area contributed by atoms with Gasteiger partial charge in [0.25, 0.3) is 0 Å². The average molecular weight is 1470 g/mol. The predicted octanol–water partition coefficient (Wildman–Crippen LogP) is 22.9. The average Bonchev–Trinajstić information content (AvgIpc) is 0.923. The van der Waals surface area contributed by atoms with Crippen LogP contribution in [-0.2, 0) is 65.4 Å². The Balaban J connectivity index is 5.44. The molecule has 17 nitrogen and oxygen atoms in total. The fourth-order valence-corrected chi connectivity index (χ4v) is 11.7. The topological polar surface area (TPSA) is 237 Å². The Morgan fingerprint density at radius 2 is 0.520 bits per heavy atom. The number of esters is 4. The van der Waals surface area contributed by atoms with Gasteiger partial charge in [-0.25, -0.2) is 9.13 Å². The van der Waals surface area contributed by atoms with Crippen LogP contribution in [0.3, 0.4) is 0 Å². The lowest BCUT2D eigenvalue weighted by molar-refractivity contribution is -0.161. The van der Waals surface area contributed by atoms with E-state index in [4.69, 9.17) is 37.0 Å². The molecule has 0 radical (unpaired) electrons. The zero-order valence-corrected chi connectivity index (χ0v) is 65.5. The molecule has 5 atom stereocenters. The lowest BCUT2D eigenvalue weighted by Gasteiger charge is -2.21. The second-order valence-electron chi connectivity index (χ2n) is 25.9. The first kappa shape index (κ1) is 97.2. The summed E-state index contributed by atoms with van der Waals surface area (Å²) >= 11 is 0. The molecular weight excluding hydrogens is 1330 g/mol. The number of unbranched alkanes of at least 4 members (excludes halogenated alkanes) is 25. The molecule has 0 aromatic rings. The molecule has 0 rings (SSSR count). The van der Waals surface area contributed by atoms with Crippen LogP contribution in [0.2, 0.25) is 0 Å². The number of carbonyl (C=O) groups excluding carboxylic acids is 4. The number of aliphatic hydroxyl groups excluding tert-OH is 1. The van der Waals surface area contributed by atoms with E-state index in [9.17, 15) is 43.2 Å². The largest absolute Gasteiger partial charge is 0.472 e. The van der Waals surface area contributed by atoms with Gasteiger partial charge in [-0.3, -0.25) is 37.3 Å². The molecule has 19 heteroatoms. The van der Waals surface area contributed by atoms with Crippen molar-refractivity contribution in [2.75, 3.05) is 39.6 Å². The Morgan fingerprint density at radius 3 is 0.853 bits per heavy atom. The van der Waals surface area contributed by atoms with Gasteiger partial charge in [-0.2, -0.15) is 0 Å². The van der Waals surface area contributed by atoms with Crippen LogP contribution in [0, 0.1) is 0 Å². The Kier molecular flexibility index (Phi) is 71.0. The number of carbonyl (C=O) groups is 4. The summed E-state index contributed by atoms with van der Waals surface area (Å²) in [5.41, 5.74) is 0. The molecule has 0 aromatic heterocycles. The second kappa shape index (κ2) is 74.5. The number of allylic oxidation sites excluding steroid dienone is 22. The fourth-order valence-electron chi connectivity index (χ4n) is 10.1. The van der Waals surface area contributed by atoms with Gasteiger partial charge >= 0.3 is 39.5 Å². The molecule has 0 spiro atoms. The van der Waals surface area contributed by atoms with Gasteiger partial charge in [0.15, 0.2) is 12.2 Å². The number of phosphoric ester groups is 2. The highest BCUT2D eigenvalue weighted by Gasteiger charge is 2.30. The molecule has 0 aliphatic rings. The number of ether oxygens (including phenoxy) is 4. The fraction of sp³-hybridized carbons (Fsp3) is 0.687. The summed E-state index contributed by atoms with van der Waals surface area (Å²) in [6, 6.07) is 0. The predicted molar refractivity (Wildman–Crippen MR) is 418 cm³/mol. The van der Waals surface area contributed by atoms with Gasteiger partial charge in [0, 0.05) is 25.7 Å². The minimum atomic E-state index is -5.00. The van der Waals surface area contributed by atoms with Gasteiger partial charge in [-0.15, -0.1) is 0 Å². The van der Waals surface area contributed by atoms with Crippen LogP contribution in [-0.4, -0.2) is 96.7 Å². The van der Waals surface area contributed by atoms with E-state index in [0.29, 0.717) is 32.1 Å². The lowest BCUT2D eigenvalue weighted by Crippen LogP contribution is -2.30. The summed E-state index contributed by atoms with van der Waals surface area (Å²) in [5, 5.41) is 10.6. The van der Waals surface area contributed by atoms with E-state index >= 15 is 0 Å². The van der Waals surface area contributed by atoms with E-state index in [0.717, 1.165) is 167 Å². The van der Waals surface area contributed by atoms with Crippen molar-refractivity contribution in [3.63, 3.8) is 0 Å². The summed E-state index contributed by atoms with van der Waals surface area (Å²) in [5.74, 6) is -2.29. The highest BCUT2D eigenvalue weighted by Crippen LogP contribution is 2.45. The highest BCUT2D eigenvalue weighted by atomic mass is 31.2. The molecule has 0 aliphatic heterocycles. The van der Waals surface area contributed by atoms with Gasteiger partial charge in [0.2, 0.25) is 0 Å². The number of hydrogen-bond donors (Lipinski definition) is 3. The first-order chi connectivity index (χ1) is 49.7. The normalized spacial score (nSPS) is 14.6. The maximum atomic E-state index is 13.1. The molecule has 0 heterocycles. The number of rotatable bonds is 73. The SMILES string of the molecule is CC/C=C\C/C=C\C/C=C\C/C=C\C/C=C\CCCC(=O)OCC(COP(=O)(O)OCC(O)COP(=O)(O)OCC(COC(=O)CCCCCCC/C=C\C/C=C\C/C=C\CC)OC(=O)CCCCCCC/C=C\CCCCCCCC)OC(=O)CCCCCCC/C=C\C/C=C\CCCCC. The van der Waals surface area contributed by atoms with Gasteiger partial charge in [-0.05, 0) is 154 Å². The standard InChI is InChI=1S/C83H140O17P2/c1-5-9-13-17-21-25-29-33-37-38-42-44-48-52-56-60-64-68-81(86)94-74-79(100-83(88)70-66-62-58-54-50-46-41-36-32-28-24-20-16-12-8-4)76-98-102(91,92)96-72-77(84)71-95-101(89,90)97-75-78(99-82(87)69-65-61-57-53-49-45-40-35-31-27-23-19-15-11-7-3)73-93-80(85)67-63-59-55-51-47-43-39-34-30-26-22-18-14-10-6-2/h9-10,13-14,21-22,24-26,28,33-37,39-42,44,52,56,77-79,84H,5-8,11-12,15-20,23,27,29-32,38,43,45-51,53-55,57-76H2,1-4H3,(H,89,90)(H,91,92)/b13-9-,14-10-,25-21-,26-22-,28-24-,37-33-,39-34-,40-35-,41-36-,44-42-,56-52-. The van der Waals surface area contributed by atoms with Gasteiger partial charge in [0.05, 0.1) is 26.4 Å². The summed E-state index contributed by atoms with van der Waals surface area (Å²) in [7, 11) is -9.99. The molecule has 0 fully saturated rings. The van der Waals surface area contributed by atoms with E-state index in [-0.39, 0.29) is 25.7 Å². The number of hydrogen-bond acceptors (Lipinski definition) is 15. The zero-order valence-electron chi connectivity index (χ0n) is 63.7. The summed E-state index contributed by atoms with van der Waals surface area (Å²) < 4.78 is 68.5. The van der Waals surface area contributed by atoms with Crippen molar-refractivity contribution in [1.82, 2.24) is 0 Å². The minimum absolute atomic E-state index is 0.0633. The maximum absolute atomic E-state index is 13.1. The Hall–Kier alpha value is -4.80. The van der Waals surface area contributed by atoms with Crippen molar-refractivity contribution >= 4 is 39.5 Å². The van der Waals surface area contributed by atoms with Crippen LogP contribution >= 0.6 is 15.6 Å². The van der Waals surface area contributed by atoms with E-state index in [1.807, 2.05) is 12.2 Å². The number of aliphatic hydroxyl groups is 1. The van der Waals surface area contributed by atoms with Crippen molar-refractivity contribution in [3.05, 3.63) is 134 Å². The third-order valence-corrected chi connectivity index (χ3v) is 18.0. The first-order valence-corrected chi connectivity index (χ1v) is 42.4. The summed E-state index contributed by atoms with van der Waals surface area (Å²) in [4.78, 5) is 73.0. The quantitative estimate of drug-likeness (QED) is 0.0169. The van der Waals surface area contributed by atoms with Crippen molar-refractivity contribution in [3.8, 4) is 0 Å². The third kappa shape index (κ3) is 73.5. The Labute approximate surface area is 618 Å². The molecule has 0 saturated carbocycles. The Morgan fingerprint density at radius 1 is 0.284 bits per heavy atom. The molecule has 584 valence electrons. The number of phosphoric acid groups is 2. The van der Waals surface area contributed by atoms with Gasteiger partial charge in [0.1, 0.15) is 19.3 Å². The van der Waals surface area contributed by atoms with Crippen molar-refractivity contribution < 1.29 is 80.2 Å². The van der Waals surface area contributed by atoms with Crippen LogP contribution in [0.25, 0.3) is 0 Å². The van der Waals surface area contributed by atoms with Crippen LogP contribution in [0.4, 0.5) is 0 Å². The van der Waals surface area contributed by atoms with Gasteiger partial charge in [-0.1, -0.05) is 264 Å². The minimum Gasteiger partial charge on any atom is -0.462 e. The summed E-state index contributed by atoms with van der Waals surface area (Å²) in [6.45, 7) is 4.52. The Bertz CT molecular complexity index is 2460. The molecule has 0 amide bonds. The molecule has 0 aliphatic carbocycles. The highest BCUT2D eigenvalue weighted by molar-refractivity contribution is 7.47. The van der Waals surface area contributed by atoms with Crippen LogP contribution in [0.1, 0.15) is 310 Å². The van der Waals surface area contributed by atoms with E-state index in [1.54, 1.807) is 0 Å². The van der Waals surface area contributed by atoms with Crippen LogP contribution in [0.15, 0.2) is 134 Å². The van der Waals surface area contributed by atoms with Crippen LogP contribution in [0.5, 0.6) is 0 Å². The van der Waals surface area contributed by atoms with Crippen molar-refractivity contribution in [1.29, 1.82) is 0 Å². The van der Waals surface area contributed by atoms with Crippen molar-refractivity contribution in [2.45, 2.75) is 329 Å². The van der Waals surface area contributed by atoms with Gasteiger partial charge < -0.3 is 33.8 Å². The lowest BCUT2D eigenvalue weighted by atomic mass is 10.1. The van der Waals surface area contributed by atoms with Crippen molar-refractivity contribution in [2.24, 2.45) is 0 Å². The first-order valence-electron chi connectivity index (χ1n) is 39.4. The van der Waals surface area contributed by atoms with E-state index in [2.05, 4.69) is 149 Å². The molecule has 0 aromatic carbocycles. The zero-order chi connectivity index (χ0) is 74.6. The van der Waals surface area contributed by atoms with E-state index in [1.165, 1.54) is 57.8 Å². The molecule has 5 unspecified atom stereocenters. The second-order valence-corrected chi connectivity index (χ2v) is 28.8. The monoisotopic (exact) mass is 1470 g/mol.